The fourth-order valence-corrected chi connectivity index (χ4v) is 2.07. The van der Waals surface area contributed by atoms with Gasteiger partial charge in [-0.2, -0.15) is 17.6 Å². The van der Waals surface area contributed by atoms with Crippen molar-refractivity contribution < 1.29 is 144 Å². The number of fused-ring (bicyclic) bond motifs is 1. The summed E-state index contributed by atoms with van der Waals surface area (Å²) in [7, 11) is -2.29. The molecule has 1 aromatic carbocycles. The number of aryl methyl sites for hydroxylation is 1. The Bertz CT molecular complexity index is 724. The van der Waals surface area contributed by atoms with Gasteiger partial charge in [0, 0.05) is 12.6 Å². The maximum atomic E-state index is 14.2. The minimum Gasteiger partial charge on any atom is -0.871 e. The monoisotopic (exact) mass is 403 g/mol. The zero-order valence-corrected chi connectivity index (χ0v) is 19.0. The van der Waals surface area contributed by atoms with Gasteiger partial charge in [-0.3, -0.25) is 0 Å². The maximum absolute atomic E-state index is 14.2. The standard InChI is InChI=1S/C11H6BF6NO3.2K/c1-19-5-3-2-4(7(13)6(5)8(14)10(19)15)9(11(16,17)18)22-12(20)21;;/h2-3,9H,1H3;;/q-2;2*+1. The van der Waals surface area contributed by atoms with Crippen molar-refractivity contribution in [2.75, 3.05) is 0 Å². The van der Waals surface area contributed by atoms with Crippen molar-refractivity contribution in [3.63, 3.8) is 0 Å². The first-order valence-electron chi connectivity index (χ1n) is 5.71. The summed E-state index contributed by atoms with van der Waals surface area (Å²) in [6.07, 6.45) is -8.47. The fourth-order valence-electron chi connectivity index (χ4n) is 2.07. The van der Waals surface area contributed by atoms with Crippen molar-refractivity contribution in [1.29, 1.82) is 0 Å². The van der Waals surface area contributed by atoms with E-state index >= 15 is 0 Å². The summed E-state index contributed by atoms with van der Waals surface area (Å²) in [6, 6.07) is 1.38. The van der Waals surface area contributed by atoms with E-state index in [1.807, 2.05) is 0 Å². The van der Waals surface area contributed by atoms with Crippen LogP contribution in [0.15, 0.2) is 12.1 Å². The summed E-state index contributed by atoms with van der Waals surface area (Å²) in [5, 5.41) is 19.6. The molecule has 0 amide bonds. The normalized spacial score (nSPS) is 12.5. The molecule has 13 heteroatoms. The third-order valence-corrected chi connectivity index (χ3v) is 3.03. The predicted molar refractivity (Wildman–Crippen MR) is 58.4 cm³/mol. The first-order chi connectivity index (χ1) is 10.1. The van der Waals surface area contributed by atoms with Crippen molar-refractivity contribution in [1.82, 2.24) is 4.57 Å². The van der Waals surface area contributed by atoms with Crippen LogP contribution in [0.25, 0.3) is 10.9 Å². The van der Waals surface area contributed by atoms with Crippen LogP contribution in [0.4, 0.5) is 26.3 Å². The minimum atomic E-state index is -5.29. The van der Waals surface area contributed by atoms with Crippen molar-refractivity contribution in [3.05, 3.63) is 35.3 Å². The third-order valence-electron chi connectivity index (χ3n) is 3.03. The van der Waals surface area contributed by atoms with Crippen molar-refractivity contribution in [3.8, 4) is 0 Å². The zero-order valence-electron chi connectivity index (χ0n) is 12.7. The van der Waals surface area contributed by atoms with Crippen LogP contribution < -0.4 is 113 Å². The van der Waals surface area contributed by atoms with Crippen LogP contribution in [0, 0.1) is 17.6 Å². The fraction of sp³-hybridized carbons (Fsp3) is 0.273. The molecule has 4 nitrogen and oxygen atoms in total. The van der Waals surface area contributed by atoms with E-state index in [1.54, 1.807) is 0 Å². The van der Waals surface area contributed by atoms with Crippen LogP contribution in [-0.2, 0) is 11.7 Å². The van der Waals surface area contributed by atoms with E-state index in [-0.39, 0.29) is 108 Å². The van der Waals surface area contributed by atoms with Crippen LogP contribution in [0.1, 0.15) is 11.7 Å². The van der Waals surface area contributed by atoms with E-state index in [0.29, 0.717) is 10.6 Å². The number of benzene rings is 1. The van der Waals surface area contributed by atoms with Crippen LogP contribution in [0.2, 0.25) is 0 Å². The molecule has 0 radical (unpaired) electrons. The quantitative estimate of drug-likeness (QED) is 0.381. The Balaban J connectivity index is 0.00000264. The van der Waals surface area contributed by atoms with E-state index < -0.39 is 48.1 Å². The van der Waals surface area contributed by atoms with Gasteiger partial charge in [-0.05, 0) is 6.07 Å². The van der Waals surface area contributed by atoms with Crippen molar-refractivity contribution in [2.45, 2.75) is 12.3 Å². The van der Waals surface area contributed by atoms with Gasteiger partial charge in [-0.15, -0.1) is 0 Å². The number of alkyl halides is 3. The molecule has 0 aliphatic rings. The van der Waals surface area contributed by atoms with Gasteiger partial charge in [-0.1, -0.05) is 6.07 Å². The summed E-state index contributed by atoms with van der Waals surface area (Å²) in [4.78, 5) is 0. The Morgan fingerprint density at radius 2 is 1.62 bits per heavy atom. The van der Waals surface area contributed by atoms with Crippen LogP contribution >= 0.6 is 0 Å². The summed E-state index contributed by atoms with van der Waals surface area (Å²) in [5.74, 6) is -4.91. The summed E-state index contributed by atoms with van der Waals surface area (Å²) < 4.78 is 83.7. The molecule has 1 atom stereocenters. The van der Waals surface area contributed by atoms with Crippen molar-refractivity contribution in [2.24, 2.45) is 7.05 Å². The van der Waals surface area contributed by atoms with E-state index in [4.69, 9.17) is 0 Å². The molecule has 120 valence electrons. The van der Waals surface area contributed by atoms with Gasteiger partial charge >= 0.3 is 109 Å². The average molecular weight is 403 g/mol. The van der Waals surface area contributed by atoms with Gasteiger partial charge in [0.1, 0.15) is 5.82 Å². The van der Waals surface area contributed by atoms with Crippen LogP contribution in [0.5, 0.6) is 0 Å². The Morgan fingerprint density at radius 1 is 1.08 bits per heavy atom. The molecular weight excluding hydrogens is 397 g/mol. The first-order valence-corrected chi connectivity index (χ1v) is 5.71. The molecule has 0 saturated heterocycles. The Morgan fingerprint density at radius 3 is 2.08 bits per heavy atom. The van der Waals surface area contributed by atoms with E-state index in [1.165, 1.54) is 0 Å². The van der Waals surface area contributed by atoms with E-state index in [2.05, 4.69) is 4.65 Å². The Hall–Kier alpha value is 1.56. The molecule has 0 aliphatic heterocycles. The number of hydrogen-bond donors (Lipinski definition) is 0. The molecule has 0 aliphatic carbocycles. The SMILES string of the molecule is Cn1c(F)c(F)c2c(F)c(C(OB([O-])[O-])C(F)(F)F)ccc21.[K+].[K+]. The second-order valence-electron chi connectivity index (χ2n) is 4.37. The van der Waals surface area contributed by atoms with E-state index in [9.17, 15) is 36.4 Å². The largest absolute Gasteiger partial charge is 1.00 e. The number of nitrogens with zero attached hydrogens (tertiary/aromatic N) is 1. The molecule has 2 rings (SSSR count). The number of hydrogen-bond acceptors (Lipinski definition) is 3. The van der Waals surface area contributed by atoms with Crippen molar-refractivity contribution >= 4 is 18.2 Å². The van der Waals surface area contributed by atoms with E-state index in [0.717, 1.165) is 13.1 Å². The van der Waals surface area contributed by atoms with Gasteiger partial charge < -0.3 is 19.3 Å². The van der Waals surface area contributed by atoms with Gasteiger partial charge in [0.25, 0.3) is 0 Å². The van der Waals surface area contributed by atoms with Gasteiger partial charge in [0.15, 0.2) is 11.9 Å². The first kappa shape index (κ1) is 25.6. The van der Waals surface area contributed by atoms with Gasteiger partial charge in [0.2, 0.25) is 5.95 Å². The van der Waals surface area contributed by atoms with Gasteiger partial charge in [0.05, 0.1) is 18.2 Å². The molecule has 0 fully saturated rings. The predicted octanol–water partition coefficient (Wildman–Crippen LogP) is -5.07. The molecule has 0 spiro atoms. The second kappa shape index (κ2) is 9.66. The number of halogens is 6. The maximum Gasteiger partial charge on any atom is 1.00 e. The molecule has 1 unspecified atom stereocenters. The Labute approximate surface area is 217 Å². The molecule has 0 bridgehead atoms. The molecule has 0 N–H and O–H groups in total. The molecule has 1 heterocycles. The molecular formula is C11H6BF6K2NO3. The Kier molecular flexibility index (Phi) is 10.3. The summed E-state index contributed by atoms with van der Waals surface area (Å²) >= 11 is 0. The second-order valence-corrected chi connectivity index (χ2v) is 4.37. The summed E-state index contributed by atoms with van der Waals surface area (Å²) in [6.45, 7) is 0. The number of aromatic nitrogens is 1. The average Bonchev–Trinajstić information content (AvgIpc) is 2.61. The molecule has 24 heavy (non-hydrogen) atoms. The molecule has 1 aromatic heterocycles. The van der Waals surface area contributed by atoms with Crippen LogP contribution in [0.3, 0.4) is 0 Å². The third kappa shape index (κ3) is 5.08. The molecule has 2 aromatic rings. The molecule has 0 saturated carbocycles. The summed E-state index contributed by atoms with van der Waals surface area (Å²) in [5.41, 5.74) is -1.61. The minimum absolute atomic E-state index is 0. The number of rotatable bonds is 3. The topological polar surface area (TPSA) is 60.3 Å². The van der Waals surface area contributed by atoms with Crippen LogP contribution in [-0.4, -0.2) is 18.1 Å². The zero-order chi connectivity index (χ0) is 16.8. The van der Waals surface area contributed by atoms with Gasteiger partial charge in [-0.25, -0.2) is 8.78 Å². The smallest absolute Gasteiger partial charge is 0.871 e.